The lowest BCUT2D eigenvalue weighted by Crippen LogP contribution is -2.26. The molecule has 2 saturated carbocycles. The van der Waals surface area contributed by atoms with Gasteiger partial charge in [-0.25, -0.2) is 4.39 Å². The Hall–Kier alpha value is -1.25. The van der Waals surface area contributed by atoms with Gasteiger partial charge in [-0.3, -0.25) is 0 Å². The van der Waals surface area contributed by atoms with Crippen LogP contribution in [0.15, 0.2) is 18.2 Å². The van der Waals surface area contributed by atoms with Crippen LogP contribution in [-0.2, 0) is 0 Å². The smallest absolute Gasteiger partial charge is 0.146 e. The molecule has 2 nitrogen and oxygen atoms in total. The Morgan fingerprint density at radius 1 is 1.29 bits per heavy atom. The summed E-state index contributed by atoms with van der Waals surface area (Å²) < 4.78 is 18.8. The SMILES string of the molecule is COc1ccc(F)c(NC2CC3CCC2C3)c1. The third-order valence-corrected chi connectivity index (χ3v) is 4.25. The molecular weight excluding hydrogens is 217 g/mol. The molecular formula is C14H18FNO. The van der Waals surface area contributed by atoms with Gasteiger partial charge in [-0.15, -0.1) is 0 Å². The first-order valence-corrected chi connectivity index (χ1v) is 6.36. The summed E-state index contributed by atoms with van der Waals surface area (Å²) in [5.41, 5.74) is 0.585. The van der Waals surface area contributed by atoms with E-state index in [-0.39, 0.29) is 5.82 Å². The van der Waals surface area contributed by atoms with Crippen LogP contribution in [0.2, 0.25) is 0 Å². The van der Waals surface area contributed by atoms with Crippen molar-refractivity contribution in [2.24, 2.45) is 11.8 Å². The van der Waals surface area contributed by atoms with Crippen LogP contribution < -0.4 is 10.1 Å². The summed E-state index contributed by atoms with van der Waals surface area (Å²) in [6.45, 7) is 0. The van der Waals surface area contributed by atoms with Crippen molar-refractivity contribution in [3.63, 3.8) is 0 Å². The van der Waals surface area contributed by atoms with E-state index in [9.17, 15) is 4.39 Å². The van der Waals surface area contributed by atoms with Gasteiger partial charge in [0.05, 0.1) is 12.8 Å². The normalized spacial score (nSPS) is 30.6. The molecule has 0 aromatic heterocycles. The van der Waals surface area contributed by atoms with Gasteiger partial charge < -0.3 is 10.1 Å². The molecule has 92 valence electrons. The van der Waals surface area contributed by atoms with Gasteiger partial charge in [-0.1, -0.05) is 6.42 Å². The van der Waals surface area contributed by atoms with Crippen LogP contribution in [-0.4, -0.2) is 13.2 Å². The molecule has 2 fully saturated rings. The quantitative estimate of drug-likeness (QED) is 0.866. The standard InChI is InChI=1S/C14H18FNO/c1-17-11-4-5-12(15)14(8-11)16-13-7-9-2-3-10(13)6-9/h4-5,8-10,13,16H,2-3,6-7H2,1H3. The van der Waals surface area contributed by atoms with Crippen molar-refractivity contribution in [2.45, 2.75) is 31.7 Å². The number of ether oxygens (including phenoxy) is 1. The number of nitrogens with one attached hydrogen (secondary N) is 1. The van der Waals surface area contributed by atoms with Gasteiger partial charge in [0.1, 0.15) is 11.6 Å². The predicted octanol–water partition coefficient (Wildman–Crippen LogP) is 3.43. The fraction of sp³-hybridized carbons (Fsp3) is 0.571. The van der Waals surface area contributed by atoms with Crippen LogP contribution in [0, 0.1) is 17.7 Å². The molecule has 2 aliphatic rings. The van der Waals surface area contributed by atoms with Gasteiger partial charge in [0.25, 0.3) is 0 Å². The molecule has 1 N–H and O–H groups in total. The molecule has 0 aliphatic heterocycles. The number of halogens is 1. The second kappa shape index (κ2) is 4.21. The van der Waals surface area contributed by atoms with E-state index in [1.165, 1.54) is 31.7 Å². The molecule has 0 spiro atoms. The average Bonchev–Trinajstić information content (AvgIpc) is 2.94. The number of benzene rings is 1. The molecule has 0 saturated heterocycles. The maximum atomic E-state index is 13.7. The predicted molar refractivity (Wildman–Crippen MR) is 65.8 cm³/mol. The molecule has 2 bridgehead atoms. The summed E-state index contributed by atoms with van der Waals surface area (Å²) in [5, 5.41) is 3.36. The van der Waals surface area contributed by atoms with E-state index in [4.69, 9.17) is 4.74 Å². The van der Waals surface area contributed by atoms with Crippen LogP contribution in [0.5, 0.6) is 5.75 Å². The minimum Gasteiger partial charge on any atom is -0.497 e. The summed E-state index contributed by atoms with van der Waals surface area (Å²) in [4.78, 5) is 0. The monoisotopic (exact) mass is 235 g/mol. The van der Waals surface area contributed by atoms with E-state index in [1.807, 2.05) is 0 Å². The minimum atomic E-state index is -0.187. The highest BCUT2D eigenvalue weighted by Crippen LogP contribution is 2.45. The highest BCUT2D eigenvalue weighted by atomic mass is 19.1. The largest absolute Gasteiger partial charge is 0.497 e. The number of hydrogen-bond acceptors (Lipinski definition) is 2. The summed E-state index contributed by atoms with van der Waals surface area (Å²) in [6.07, 6.45) is 5.18. The molecule has 3 atom stereocenters. The highest BCUT2D eigenvalue weighted by Gasteiger charge is 2.39. The summed E-state index contributed by atoms with van der Waals surface area (Å²) in [7, 11) is 1.61. The molecule has 3 unspecified atom stereocenters. The second-order valence-electron chi connectivity index (χ2n) is 5.27. The zero-order valence-corrected chi connectivity index (χ0v) is 10.1. The highest BCUT2D eigenvalue weighted by molar-refractivity contribution is 5.50. The van der Waals surface area contributed by atoms with Gasteiger partial charge in [0.2, 0.25) is 0 Å². The lowest BCUT2D eigenvalue weighted by atomic mass is 9.95. The zero-order chi connectivity index (χ0) is 11.8. The lowest BCUT2D eigenvalue weighted by molar-refractivity contribution is 0.413. The van der Waals surface area contributed by atoms with Crippen molar-refractivity contribution >= 4 is 5.69 Å². The van der Waals surface area contributed by atoms with Crippen LogP contribution >= 0.6 is 0 Å². The third kappa shape index (κ3) is 1.99. The van der Waals surface area contributed by atoms with Gasteiger partial charge in [0, 0.05) is 12.1 Å². The van der Waals surface area contributed by atoms with Gasteiger partial charge in [0.15, 0.2) is 0 Å². The number of hydrogen-bond donors (Lipinski definition) is 1. The Bertz CT molecular complexity index is 421. The maximum absolute atomic E-state index is 13.7. The van der Waals surface area contributed by atoms with Crippen LogP contribution in [0.25, 0.3) is 0 Å². The molecule has 1 aromatic carbocycles. The molecule has 1 aromatic rings. The number of methoxy groups -OCH3 is 1. The molecule has 17 heavy (non-hydrogen) atoms. The van der Waals surface area contributed by atoms with Crippen molar-refractivity contribution in [3.8, 4) is 5.75 Å². The second-order valence-corrected chi connectivity index (χ2v) is 5.27. The number of anilines is 1. The fourth-order valence-corrected chi connectivity index (χ4v) is 3.36. The van der Waals surface area contributed by atoms with E-state index in [0.717, 1.165) is 11.8 Å². The summed E-state index contributed by atoms with van der Waals surface area (Å²) in [5.74, 6) is 2.13. The number of fused-ring (bicyclic) bond motifs is 2. The molecule has 0 heterocycles. The zero-order valence-electron chi connectivity index (χ0n) is 10.1. The van der Waals surface area contributed by atoms with E-state index in [1.54, 1.807) is 19.2 Å². The van der Waals surface area contributed by atoms with Crippen molar-refractivity contribution in [1.82, 2.24) is 0 Å². The molecule has 3 rings (SSSR count). The Morgan fingerprint density at radius 3 is 2.82 bits per heavy atom. The minimum absolute atomic E-state index is 0.187. The Balaban J connectivity index is 1.76. The summed E-state index contributed by atoms with van der Waals surface area (Å²) >= 11 is 0. The first-order valence-electron chi connectivity index (χ1n) is 6.36. The van der Waals surface area contributed by atoms with Gasteiger partial charge in [-0.05, 0) is 43.2 Å². The molecule has 0 radical (unpaired) electrons. The molecule has 2 aliphatic carbocycles. The van der Waals surface area contributed by atoms with Crippen LogP contribution in [0.1, 0.15) is 25.7 Å². The van der Waals surface area contributed by atoms with Crippen molar-refractivity contribution in [3.05, 3.63) is 24.0 Å². The Kier molecular flexibility index (Phi) is 2.69. The van der Waals surface area contributed by atoms with E-state index < -0.39 is 0 Å². The van der Waals surface area contributed by atoms with E-state index in [0.29, 0.717) is 17.5 Å². The Morgan fingerprint density at radius 2 is 2.18 bits per heavy atom. The molecule has 3 heteroatoms. The molecule has 0 amide bonds. The van der Waals surface area contributed by atoms with Crippen molar-refractivity contribution < 1.29 is 9.13 Å². The topological polar surface area (TPSA) is 21.3 Å². The Labute approximate surface area is 101 Å². The van der Waals surface area contributed by atoms with Crippen molar-refractivity contribution in [1.29, 1.82) is 0 Å². The van der Waals surface area contributed by atoms with Crippen LogP contribution in [0.3, 0.4) is 0 Å². The van der Waals surface area contributed by atoms with Crippen LogP contribution in [0.4, 0.5) is 10.1 Å². The first kappa shape index (κ1) is 10.9. The maximum Gasteiger partial charge on any atom is 0.146 e. The summed E-state index contributed by atoms with van der Waals surface area (Å²) in [6, 6.07) is 5.33. The lowest BCUT2D eigenvalue weighted by Gasteiger charge is -2.24. The first-order chi connectivity index (χ1) is 8.26. The van der Waals surface area contributed by atoms with E-state index in [2.05, 4.69) is 5.32 Å². The van der Waals surface area contributed by atoms with Crippen molar-refractivity contribution in [2.75, 3.05) is 12.4 Å². The third-order valence-electron chi connectivity index (χ3n) is 4.25. The van der Waals surface area contributed by atoms with Gasteiger partial charge in [-0.2, -0.15) is 0 Å². The number of rotatable bonds is 3. The fourth-order valence-electron chi connectivity index (χ4n) is 3.36. The average molecular weight is 235 g/mol. The van der Waals surface area contributed by atoms with E-state index >= 15 is 0 Å². The van der Waals surface area contributed by atoms with Gasteiger partial charge >= 0.3 is 0 Å².